The molecule has 1 aromatic heterocycles. The van der Waals surface area contributed by atoms with E-state index in [0.717, 1.165) is 0 Å². The van der Waals surface area contributed by atoms with E-state index in [1.165, 1.54) is 29.4 Å². The van der Waals surface area contributed by atoms with E-state index in [0.29, 0.717) is 22.2 Å². The van der Waals surface area contributed by atoms with Gasteiger partial charge in [0.2, 0.25) is 0 Å². The summed E-state index contributed by atoms with van der Waals surface area (Å²) in [5.74, 6) is 0. The van der Waals surface area contributed by atoms with Crippen molar-refractivity contribution < 1.29 is 13.3 Å². The van der Waals surface area contributed by atoms with Gasteiger partial charge in [-0.2, -0.15) is 5.26 Å². The molecule has 0 bridgehead atoms. The van der Waals surface area contributed by atoms with Crippen molar-refractivity contribution in [3.05, 3.63) is 65.9 Å². The Kier molecular flexibility index (Phi) is 4.06. The predicted molar refractivity (Wildman–Crippen MR) is 90.3 cm³/mol. The third kappa shape index (κ3) is 2.53. The van der Waals surface area contributed by atoms with E-state index >= 15 is 0 Å². The van der Waals surface area contributed by atoms with Gasteiger partial charge in [-0.25, -0.2) is 12.4 Å². The van der Waals surface area contributed by atoms with Crippen molar-refractivity contribution in [3.63, 3.8) is 0 Å². The van der Waals surface area contributed by atoms with E-state index in [4.69, 9.17) is 0 Å². The van der Waals surface area contributed by atoms with Gasteiger partial charge < -0.3 is 4.84 Å². The van der Waals surface area contributed by atoms with Crippen LogP contribution in [0.4, 0.5) is 0 Å². The van der Waals surface area contributed by atoms with Gasteiger partial charge in [-0.1, -0.05) is 29.4 Å². The van der Waals surface area contributed by atoms with Gasteiger partial charge in [0.1, 0.15) is 7.11 Å². The first-order valence-corrected chi connectivity index (χ1v) is 8.45. The van der Waals surface area contributed by atoms with Crippen molar-refractivity contribution in [1.82, 2.24) is 3.97 Å². The Balaban J connectivity index is 2.38. The molecule has 0 saturated carbocycles. The van der Waals surface area contributed by atoms with Crippen LogP contribution in [-0.4, -0.2) is 25.7 Å². The molecule has 120 valence electrons. The second kappa shape index (κ2) is 6.18. The summed E-state index contributed by atoms with van der Waals surface area (Å²) in [6.45, 7) is 0. The van der Waals surface area contributed by atoms with Gasteiger partial charge in [0.15, 0.2) is 0 Å². The molecule has 0 saturated heterocycles. The van der Waals surface area contributed by atoms with Crippen LogP contribution >= 0.6 is 0 Å². The first kappa shape index (κ1) is 15.8. The molecule has 1 heterocycles. The van der Waals surface area contributed by atoms with E-state index in [9.17, 15) is 13.7 Å². The Morgan fingerprint density at radius 2 is 1.92 bits per heavy atom. The molecule has 0 spiro atoms. The highest BCUT2D eigenvalue weighted by molar-refractivity contribution is 7.90. The Hall–Kier alpha value is -3.11. The maximum atomic E-state index is 13.1. The second-order valence-electron chi connectivity index (χ2n) is 4.92. The lowest BCUT2D eigenvalue weighted by atomic mass is 10.1. The largest absolute Gasteiger partial charge is 0.399 e. The molecule has 0 N–H and O–H groups in total. The molecule has 3 rings (SSSR count). The van der Waals surface area contributed by atoms with Gasteiger partial charge in [-0.15, -0.1) is 0 Å². The van der Waals surface area contributed by atoms with Gasteiger partial charge in [-0.3, -0.25) is 0 Å². The number of rotatable bonds is 4. The highest BCUT2D eigenvalue weighted by Crippen LogP contribution is 2.27. The number of aromatic nitrogens is 1. The highest BCUT2D eigenvalue weighted by Gasteiger charge is 2.23. The normalized spacial score (nSPS) is 11.7. The topological polar surface area (TPSA) is 84.4 Å². The van der Waals surface area contributed by atoms with E-state index < -0.39 is 10.0 Å². The van der Waals surface area contributed by atoms with E-state index in [1.807, 2.05) is 0 Å². The van der Waals surface area contributed by atoms with Crippen LogP contribution in [0.2, 0.25) is 0 Å². The Morgan fingerprint density at radius 1 is 1.17 bits per heavy atom. The molecular formula is C17H13N3O3S. The molecule has 0 aliphatic rings. The van der Waals surface area contributed by atoms with E-state index in [1.54, 1.807) is 42.5 Å². The zero-order valence-electron chi connectivity index (χ0n) is 12.7. The zero-order valence-corrected chi connectivity index (χ0v) is 13.6. The van der Waals surface area contributed by atoms with Crippen LogP contribution in [0.3, 0.4) is 0 Å². The van der Waals surface area contributed by atoms with Gasteiger partial charge >= 0.3 is 0 Å². The summed E-state index contributed by atoms with van der Waals surface area (Å²) in [7, 11) is -2.48. The lowest BCUT2D eigenvalue weighted by Crippen LogP contribution is -2.15. The molecule has 0 aliphatic carbocycles. The second-order valence-corrected chi connectivity index (χ2v) is 6.71. The summed E-state index contributed by atoms with van der Waals surface area (Å²) >= 11 is 0. The molecule has 0 fully saturated rings. The summed E-state index contributed by atoms with van der Waals surface area (Å²) < 4.78 is 27.3. The Labute approximate surface area is 139 Å². The Morgan fingerprint density at radius 3 is 2.58 bits per heavy atom. The minimum Gasteiger partial charge on any atom is -0.399 e. The number of nitrogens with zero attached hydrogens (tertiary/aromatic N) is 3. The van der Waals surface area contributed by atoms with Crippen molar-refractivity contribution in [1.29, 1.82) is 5.26 Å². The van der Waals surface area contributed by atoms with Crippen LogP contribution in [0.1, 0.15) is 11.3 Å². The predicted octanol–water partition coefficient (Wildman–Crippen LogP) is 2.73. The lowest BCUT2D eigenvalue weighted by molar-refractivity contribution is 0.215. The minimum absolute atomic E-state index is 0.150. The van der Waals surface area contributed by atoms with E-state index in [2.05, 4.69) is 16.1 Å². The van der Waals surface area contributed by atoms with Gasteiger partial charge in [-0.05, 0) is 30.3 Å². The van der Waals surface area contributed by atoms with Gasteiger partial charge in [0, 0.05) is 5.39 Å². The number of fused-ring (bicyclic) bond motifs is 1. The molecule has 24 heavy (non-hydrogen) atoms. The van der Waals surface area contributed by atoms with Crippen LogP contribution in [0.15, 0.2) is 64.6 Å². The van der Waals surface area contributed by atoms with Crippen molar-refractivity contribution in [2.24, 2.45) is 5.16 Å². The monoisotopic (exact) mass is 339 g/mol. The third-order valence-electron chi connectivity index (χ3n) is 3.52. The zero-order chi connectivity index (χ0) is 17.2. The molecule has 2 aromatic carbocycles. The fourth-order valence-electron chi connectivity index (χ4n) is 2.49. The molecule has 3 aromatic rings. The van der Waals surface area contributed by atoms with Crippen LogP contribution in [0, 0.1) is 11.3 Å². The fraction of sp³-hybridized carbons (Fsp3) is 0.0588. The molecule has 7 heteroatoms. The molecule has 0 aliphatic heterocycles. The van der Waals surface area contributed by atoms with Crippen LogP contribution in [0.25, 0.3) is 10.9 Å². The standard InChI is InChI=1S/C17H13N3O3S/c1-23-19-12-14-10-16-13(11-18)6-5-9-17(16)20(14)24(21,22)15-7-3-2-4-8-15/h2-10,12H,1H3/b19-12+. The molecule has 0 atom stereocenters. The number of benzene rings is 2. The summed E-state index contributed by atoms with van der Waals surface area (Å²) in [4.78, 5) is 4.82. The van der Waals surface area contributed by atoms with Crippen LogP contribution in [-0.2, 0) is 14.9 Å². The average Bonchev–Trinajstić information content (AvgIpc) is 2.99. The number of oxime groups is 1. The number of nitriles is 1. The summed E-state index contributed by atoms with van der Waals surface area (Å²) in [5, 5.41) is 13.5. The minimum atomic E-state index is -3.85. The van der Waals surface area contributed by atoms with E-state index in [-0.39, 0.29) is 4.90 Å². The third-order valence-corrected chi connectivity index (χ3v) is 5.28. The summed E-state index contributed by atoms with van der Waals surface area (Å²) in [5.41, 5.74) is 1.11. The first-order chi connectivity index (χ1) is 11.6. The summed E-state index contributed by atoms with van der Waals surface area (Å²) in [6, 6.07) is 16.7. The molecule has 0 unspecified atom stereocenters. The highest BCUT2D eigenvalue weighted by atomic mass is 32.2. The lowest BCUT2D eigenvalue weighted by Gasteiger charge is -2.10. The average molecular weight is 339 g/mol. The molecule has 0 radical (unpaired) electrons. The number of hydrogen-bond donors (Lipinski definition) is 0. The molecule has 6 nitrogen and oxygen atoms in total. The quantitative estimate of drug-likeness (QED) is 0.540. The fourth-order valence-corrected chi connectivity index (χ4v) is 3.99. The SMILES string of the molecule is CO/N=C/c1cc2c(C#N)cccc2n1S(=O)(=O)c1ccccc1. The van der Waals surface area contributed by atoms with Crippen molar-refractivity contribution >= 4 is 27.1 Å². The maximum Gasteiger partial charge on any atom is 0.268 e. The van der Waals surface area contributed by atoms with Gasteiger partial charge in [0.05, 0.1) is 34.0 Å². The van der Waals surface area contributed by atoms with Gasteiger partial charge in [0.25, 0.3) is 10.0 Å². The Bertz CT molecular complexity index is 1060. The summed E-state index contributed by atoms with van der Waals surface area (Å²) in [6.07, 6.45) is 1.31. The van der Waals surface area contributed by atoms with Crippen molar-refractivity contribution in [2.45, 2.75) is 4.90 Å². The smallest absolute Gasteiger partial charge is 0.268 e. The van der Waals surface area contributed by atoms with Crippen LogP contribution in [0.5, 0.6) is 0 Å². The maximum absolute atomic E-state index is 13.1. The number of hydrogen-bond acceptors (Lipinski definition) is 5. The van der Waals surface area contributed by atoms with Crippen molar-refractivity contribution in [2.75, 3.05) is 7.11 Å². The van der Waals surface area contributed by atoms with Crippen molar-refractivity contribution in [3.8, 4) is 6.07 Å². The van der Waals surface area contributed by atoms with Crippen LogP contribution < -0.4 is 0 Å². The molecule has 0 amide bonds. The first-order valence-electron chi connectivity index (χ1n) is 7.01. The molecular weight excluding hydrogens is 326 g/mol.